The Bertz CT molecular complexity index is 975. The highest BCUT2D eigenvalue weighted by molar-refractivity contribution is 5.99. The molecule has 6 nitrogen and oxygen atoms in total. The smallest absolute Gasteiger partial charge is 0.392 e. The molecule has 6 heteroatoms. The lowest BCUT2D eigenvalue weighted by atomic mass is 9.73. The van der Waals surface area contributed by atoms with Crippen LogP contribution in [0.2, 0.25) is 0 Å². The summed E-state index contributed by atoms with van der Waals surface area (Å²) in [5.41, 5.74) is 3.65. The summed E-state index contributed by atoms with van der Waals surface area (Å²) in [5, 5.41) is 11.2. The largest absolute Gasteiger partial charge is 0.507 e. The monoisotopic (exact) mass is 456 g/mol. The first kappa shape index (κ1) is 24.9. The molecule has 0 aromatic heterocycles. The lowest BCUT2D eigenvalue weighted by Crippen LogP contribution is -2.50. The molecule has 0 saturated heterocycles. The number of aromatic hydroxyl groups is 1. The molecular formula is C27H36O6. The quantitative estimate of drug-likeness (QED) is 0.295. The van der Waals surface area contributed by atoms with Crippen LogP contribution in [0.4, 0.5) is 0 Å². The lowest BCUT2D eigenvalue weighted by molar-refractivity contribution is -0.198. The number of ether oxygens (including phenoxy) is 3. The number of aryl methyl sites for hydroxylation is 1. The first-order chi connectivity index (χ1) is 15.6. The van der Waals surface area contributed by atoms with Crippen molar-refractivity contribution in [2.75, 3.05) is 6.61 Å². The number of phenols is 1. The fraction of sp³-hybridized carbons (Fsp3) is 0.556. The highest BCUT2D eigenvalue weighted by Gasteiger charge is 2.49. The second-order valence-electron chi connectivity index (χ2n) is 9.32. The second kappa shape index (κ2) is 10.0. The number of phenolic OH excluding ortho intramolecular Hbond substituents is 1. The molecule has 2 aliphatic rings. The van der Waals surface area contributed by atoms with Crippen molar-refractivity contribution in [1.29, 1.82) is 0 Å². The van der Waals surface area contributed by atoms with Crippen molar-refractivity contribution in [2.45, 2.75) is 84.8 Å². The summed E-state index contributed by atoms with van der Waals surface area (Å²) in [6.45, 7) is 13.5. The molecule has 0 fully saturated rings. The Kier molecular flexibility index (Phi) is 7.55. The maximum atomic E-state index is 13.3. The maximum Gasteiger partial charge on any atom is 0.392 e. The second-order valence-corrected chi connectivity index (χ2v) is 9.32. The van der Waals surface area contributed by atoms with Gasteiger partial charge in [0.2, 0.25) is 0 Å². The van der Waals surface area contributed by atoms with Crippen LogP contribution in [0.1, 0.15) is 94.1 Å². The van der Waals surface area contributed by atoms with Gasteiger partial charge in [-0.3, -0.25) is 0 Å². The molecule has 3 unspecified atom stereocenters. The van der Waals surface area contributed by atoms with E-state index in [1.54, 1.807) is 13.0 Å². The van der Waals surface area contributed by atoms with E-state index in [4.69, 9.17) is 14.2 Å². The molecule has 3 rings (SSSR count). The number of unbranched alkanes of at least 4 members (excludes halogenated alkanes) is 2. The molecule has 33 heavy (non-hydrogen) atoms. The zero-order valence-corrected chi connectivity index (χ0v) is 20.5. The van der Waals surface area contributed by atoms with Gasteiger partial charge in [-0.25, -0.2) is 9.59 Å². The highest BCUT2D eigenvalue weighted by atomic mass is 16.8. The molecule has 1 aliphatic heterocycles. The molecule has 1 aromatic rings. The number of cyclic esters (lactones) is 1. The van der Waals surface area contributed by atoms with Crippen LogP contribution in [0.15, 0.2) is 29.9 Å². The van der Waals surface area contributed by atoms with Gasteiger partial charge >= 0.3 is 17.7 Å². The maximum absolute atomic E-state index is 13.3. The van der Waals surface area contributed by atoms with E-state index in [0.29, 0.717) is 17.5 Å². The van der Waals surface area contributed by atoms with Crippen LogP contribution in [0.3, 0.4) is 0 Å². The summed E-state index contributed by atoms with van der Waals surface area (Å²) < 4.78 is 16.8. The van der Waals surface area contributed by atoms with Gasteiger partial charge in [0.05, 0.1) is 6.61 Å². The van der Waals surface area contributed by atoms with E-state index in [9.17, 15) is 14.7 Å². The van der Waals surface area contributed by atoms with E-state index in [1.807, 2.05) is 6.92 Å². The molecule has 0 radical (unpaired) electrons. The first-order valence-electron chi connectivity index (χ1n) is 11.9. The molecular weight excluding hydrogens is 420 g/mol. The average Bonchev–Trinajstić information content (AvgIpc) is 2.73. The number of allylic oxidation sites excluding steroid dienone is 3. The Balaban J connectivity index is 2.22. The van der Waals surface area contributed by atoms with E-state index < -0.39 is 17.7 Å². The van der Waals surface area contributed by atoms with Gasteiger partial charge in [0.15, 0.2) is 0 Å². The lowest BCUT2D eigenvalue weighted by Gasteiger charge is -2.38. The molecule has 0 bridgehead atoms. The van der Waals surface area contributed by atoms with Crippen molar-refractivity contribution in [3.63, 3.8) is 0 Å². The van der Waals surface area contributed by atoms with Gasteiger partial charge in [0.25, 0.3) is 0 Å². The van der Waals surface area contributed by atoms with Crippen LogP contribution in [0.5, 0.6) is 11.5 Å². The summed E-state index contributed by atoms with van der Waals surface area (Å²) in [6, 6.07) is 1.66. The Labute approximate surface area is 196 Å². The zero-order chi connectivity index (χ0) is 24.3. The highest BCUT2D eigenvalue weighted by Crippen LogP contribution is 2.50. The van der Waals surface area contributed by atoms with E-state index in [-0.39, 0.29) is 35.5 Å². The minimum atomic E-state index is -1.92. The Hall–Kier alpha value is -2.76. The molecule has 3 atom stereocenters. The molecule has 1 aromatic carbocycles. The summed E-state index contributed by atoms with van der Waals surface area (Å²) in [5.74, 6) is -3.22. The molecule has 1 N–H and O–H groups in total. The first-order valence-corrected chi connectivity index (χ1v) is 11.9. The number of rotatable bonds is 8. The van der Waals surface area contributed by atoms with Gasteiger partial charge in [-0.1, -0.05) is 43.6 Å². The molecule has 0 saturated carbocycles. The van der Waals surface area contributed by atoms with Crippen molar-refractivity contribution in [1.82, 2.24) is 0 Å². The Morgan fingerprint density at radius 1 is 1.30 bits per heavy atom. The van der Waals surface area contributed by atoms with Crippen molar-refractivity contribution in [3.05, 3.63) is 46.6 Å². The van der Waals surface area contributed by atoms with E-state index in [0.717, 1.165) is 37.7 Å². The van der Waals surface area contributed by atoms with Crippen LogP contribution >= 0.6 is 0 Å². The van der Waals surface area contributed by atoms with Crippen molar-refractivity contribution in [3.8, 4) is 11.5 Å². The normalized spacial score (nSPS) is 24.3. The number of benzene rings is 1. The van der Waals surface area contributed by atoms with Crippen LogP contribution in [0.25, 0.3) is 0 Å². The summed E-state index contributed by atoms with van der Waals surface area (Å²) in [6.07, 6.45) is 7.42. The van der Waals surface area contributed by atoms with E-state index >= 15 is 0 Å². The van der Waals surface area contributed by atoms with E-state index in [2.05, 4.69) is 26.5 Å². The molecule has 0 amide bonds. The van der Waals surface area contributed by atoms with Crippen molar-refractivity contribution in [2.24, 2.45) is 5.92 Å². The Morgan fingerprint density at radius 3 is 2.67 bits per heavy atom. The van der Waals surface area contributed by atoms with Gasteiger partial charge in [-0.15, -0.1) is 0 Å². The number of esters is 2. The number of fused-ring (bicyclic) bond motifs is 1. The van der Waals surface area contributed by atoms with E-state index in [1.165, 1.54) is 12.5 Å². The molecule has 0 spiro atoms. The summed E-state index contributed by atoms with van der Waals surface area (Å²) >= 11 is 0. The topological polar surface area (TPSA) is 82.1 Å². The predicted octanol–water partition coefficient (Wildman–Crippen LogP) is 5.97. The van der Waals surface area contributed by atoms with Crippen LogP contribution < -0.4 is 4.74 Å². The molecule has 180 valence electrons. The zero-order valence-electron chi connectivity index (χ0n) is 20.5. The third kappa shape index (κ3) is 4.94. The van der Waals surface area contributed by atoms with Crippen molar-refractivity contribution < 1.29 is 28.9 Å². The van der Waals surface area contributed by atoms with Crippen LogP contribution in [-0.4, -0.2) is 29.4 Å². The molecule has 1 aliphatic carbocycles. The van der Waals surface area contributed by atoms with Gasteiger partial charge in [0.1, 0.15) is 17.1 Å². The fourth-order valence-electron chi connectivity index (χ4n) is 4.82. The summed E-state index contributed by atoms with van der Waals surface area (Å²) in [7, 11) is 0. The standard InChI is InChI=1S/C27H36O6/c1-7-9-10-11-18-15-21(28)23(20-14-17(5)12-13-19(20)16(3)4)24-22(18)25(29)33-27(6,32-24)26(30)31-8-2/h14-15,19-20,28H,3,7-13H2,1-2,4-6H3. The minimum absolute atomic E-state index is 0.0587. The SMILES string of the molecule is C=C(C)C1CCC(C)=CC1c1c(O)cc(CCCCC)c2c1OC(C)(C(=O)OCC)OC2=O. The number of hydrogen-bond donors (Lipinski definition) is 1. The molecule has 1 heterocycles. The Morgan fingerprint density at radius 2 is 2.03 bits per heavy atom. The average molecular weight is 457 g/mol. The third-order valence-electron chi connectivity index (χ3n) is 6.58. The van der Waals surface area contributed by atoms with Crippen LogP contribution in [-0.2, 0) is 20.7 Å². The fourth-order valence-corrected chi connectivity index (χ4v) is 4.82. The van der Waals surface area contributed by atoms with Gasteiger partial charge in [0, 0.05) is 18.4 Å². The van der Waals surface area contributed by atoms with Gasteiger partial charge < -0.3 is 19.3 Å². The minimum Gasteiger partial charge on any atom is -0.507 e. The summed E-state index contributed by atoms with van der Waals surface area (Å²) in [4.78, 5) is 25.9. The van der Waals surface area contributed by atoms with Gasteiger partial charge in [-0.2, -0.15) is 0 Å². The predicted molar refractivity (Wildman–Crippen MR) is 126 cm³/mol. The number of hydrogen-bond acceptors (Lipinski definition) is 6. The van der Waals surface area contributed by atoms with Crippen molar-refractivity contribution >= 4 is 11.9 Å². The van der Waals surface area contributed by atoms with Crippen LogP contribution in [0, 0.1) is 5.92 Å². The number of carbonyl (C=O) groups excluding carboxylic acids is 2. The van der Waals surface area contributed by atoms with Gasteiger partial charge in [-0.05, 0) is 64.0 Å². The third-order valence-corrected chi connectivity index (χ3v) is 6.58. The number of carbonyl (C=O) groups is 2.